The molecule has 1 saturated heterocycles. The monoisotopic (exact) mass is 171 g/mol. The maximum atomic E-state index is 10.3. The molecule has 1 aliphatic heterocycles. The summed E-state index contributed by atoms with van der Waals surface area (Å²) in [5.74, 6) is 0.584. The minimum Gasteiger partial charge on any atom is -0.481 e. The lowest BCUT2D eigenvalue weighted by Crippen LogP contribution is -2.35. The van der Waals surface area contributed by atoms with Gasteiger partial charge in [0, 0.05) is 6.42 Å². The molecule has 0 aliphatic carbocycles. The molecular weight excluding hydrogens is 154 g/mol. The summed E-state index contributed by atoms with van der Waals surface area (Å²) < 4.78 is 0. The molecule has 1 heterocycles. The van der Waals surface area contributed by atoms with E-state index in [0.717, 1.165) is 25.9 Å². The van der Waals surface area contributed by atoms with Gasteiger partial charge in [0.05, 0.1) is 0 Å². The third-order valence-corrected chi connectivity index (χ3v) is 2.69. The summed E-state index contributed by atoms with van der Waals surface area (Å²) in [6.07, 6.45) is 2.31. The quantitative estimate of drug-likeness (QED) is 0.668. The summed E-state index contributed by atoms with van der Waals surface area (Å²) in [7, 11) is 0. The number of hydrogen-bond donors (Lipinski definition) is 2. The Balaban J connectivity index is 2.24. The highest BCUT2D eigenvalue weighted by molar-refractivity contribution is 5.66. The summed E-state index contributed by atoms with van der Waals surface area (Å²) >= 11 is 0. The molecule has 0 aromatic rings. The van der Waals surface area contributed by atoms with Crippen LogP contribution >= 0.6 is 0 Å². The Morgan fingerprint density at radius 1 is 1.67 bits per heavy atom. The van der Waals surface area contributed by atoms with Crippen molar-refractivity contribution in [3.63, 3.8) is 0 Å². The molecule has 0 aromatic heterocycles. The second-order valence-electron chi connectivity index (χ2n) is 3.66. The van der Waals surface area contributed by atoms with Gasteiger partial charge in [0.25, 0.3) is 0 Å². The molecule has 0 saturated carbocycles. The molecule has 70 valence electrons. The molecule has 1 rings (SSSR count). The highest BCUT2D eigenvalue weighted by Gasteiger charge is 2.21. The zero-order valence-electron chi connectivity index (χ0n) is 7.55. The predicted molar refractivity (Wildman–Crippen MR) is 47.0 cm³/mol. The Kier molecular flexibility index (Phi) is 3.53. The zero-order chi connectivity index (χ0) is 8.97. The summed E-state index contributed by atoms with van der Waals surface area (Å²) in [5.41, 5.74) is 0. The van der Waals surface area contributed by atoms with Crippen LogP contribution in [0.5, 0.6) is 0 Å². The number of nitrogens with one attached hydrogen (secondary N) is 1. The normalized spacial score (nSPS) is 30.1. The van der Waals surface area contributed by atoms with E-state index in [-0.39, 0.29) is 0 Å². The Hall–Kier alpha value is -0.570. The third kappa shape index (κ3) is 2.81. The fraction of sp³-hybridized carbons (Fsp3) is 0.889. The molecular formula is C9H17NO2. The lowest BCUT2D eigenvalue weighted by molar-refractivity contribution is -0.137. The second-order valence-corrected chi connectivity index (χ2v) is 3.66. The van der Waals surface area contributed by atoms with Crippen molar-refractivity contribution in [2.75, 3.05) is 13.1 Å². The van der Waals surface area contributed by atoms with E-state index in [9.17, 15) is 4.79 Å². The Morgan fingerprint density at radius 3 is 3.00 bits per heavy atom. The molecule has 0 radical (unpaired) electrons. The van der Waals surface area contributed by atoms with E-state index < -0.39 is 5.97 Å². The number of piperidine rings is 1. The van der Waals surface area contributed by atoms with E-state index in [1.165, 1.54) is 0 Å². The third-order valence-electron chi connectivity index (χ3n) is 2.69. The van der Waals surface area contributed by atoms with E-state index in [1.54, 1.807) is 0 Å². The van der Waals surface area contributed by atoms with Crippen LogP contribution in [0.4, 0.5) is 0 Å². The number of aliphatic carboxylic acids is 1. The first-order chi connectivity index (χ1) is 5.70. The maximum absolute atomic E-state index is 10.3. The highest BCUT2D eigenvalue weighted by Crippen LogP contribution is 2.23. The first kappa shape index (κ1) is 9.52. The van der Waals surface area contributed by atoms with Crippen molar-refractivity contribution in [2.45, 2.75) is 26.2 Å². The van der Waals surface area contributed by atoms with Crippen molar-refractivity contribution in [3.8, 4) is 0 Å². The van der Waals surface area contributed by atoms with Crippen LogP contribution in [0, 0.1) is 11.8 Å². The molecule has 2 unspecified atom stereocenters. The molecule has 1 aliphatic rings. The first-order valence-electron chi connectivity index (χ1n) is 4.62. The lowest BCUT2D eigenvalue weighted by atomic mass is 9.84. The van der Waals surface area contributed by atoms with Gasteiger partial charge in [0.15, 0.2) is 0 Å². The molecule has 0 amide bonds. The van der Waals surface area contributed by atoms with Crippen LogP contribution in [0.25, 0.3) is 0 Å². The minimum atomic E-state index is -0.666. The van der Waals surface area contributed by atoms with Gasteiger partial charge in [-0.05, 0) is 37.8 Å². The average molecular weight is 171 g/mol. The number of hydrogen-bond acceptors (Lipinski definition) is 2. The smallest absolute Gasteiger partial charge is 0.303 e. The van der Waals surface area contributed by atoms with Gasteiger partial charge >= 0.3 is 5.97 Å². The number of carbonyl (C=O) groups is 1. The molecule has 2 atom stereocenters. The van der Waals surface area contributed by atoms with Gasteiger partial charge in [-0.15, -0.1) is 0 Å². The Labute approximate surface area is 73.2 Å². The SMILES string of the molecule is CC1CNCCC1CCC(=O)O. The fourth-order valence-electron chi connectivity index (χ4n) is 1.81. The molecule has 1 fully saturated rings. The maximum Gasteiger partial charge on any atom is 0.303 e. The van der Waals surface area contributed by atoms with E-state index in [1.807, 2.05) is 0 Å². The molecule has 0 spiro atoms. The van der Waals surface area contributed by atoms with Crippen molar-refractivity contribution >= 4 is 5.97 Å². The van der Waals surface area contributed by atoms with Crippen LogP contribution in [0.1, 0.15) is 26.2 Å². The molecule has 0 aromatic carbocycles. The van der Waals surface area contributed by atoms with Crippen LogP contribution in [0.15, 0.2) is 0 Å². The topological polar surface area (TPSA) is 49.3 Å². The minimum absolute atomic E-state index is 0.328. The molecule has 0 bridgehead atoms. The summed E-state index contributed by atoms with van der Waals surface area (Å²) in [5, 5.41) is 11.8. The molecule has 3 heteroatoms. The van der Waals surface area contributed by atoms with Crippen LogP contribution in [-0.4, -0.2) is 24.2 Å². The van der Waals surface area contributed by atoms with Gasteiger partial charge < -0.3 is 10.4 Å². The van der Waals surface area contributed by atoms with Crippen LogP contribution < -0.4 is 5.32 Å². The number of carboxylic acids is 1. The average Bonchev–Trinajstić information content (AvgIpc) is 2.03. The van der Waals surface area contributed by atoms with Crippen molar-refractivity contribution in [1.29, 1.82) is 0 Å². The summed E-state index contributed by atoms with van der Waals surface area (Å²) in [6.45, 7) is 4.29. The number of carboxylic acid groups (broad SMARTS) is 1. The van der Waals surface area contributed by atoms with E-state index in [2.05, 4.69) is 12.2 Å². The summed E-state index contributed by atoms with van der Waals surface area (Å²) in [6, 6.07) is 0. The van der Waals surface area contributed by atoms with Gasteiger partial charge in [0.2, 0.25) is 0 Å². The standard InChI is InChI=1S/C9H17NO2/c1-7-6-10-5-4-8(7)2-3-9(11)12/h7-8,10H,2-6H2,1H3,(H,11,12). The zero-order valence-corrected chi connectivity index (χ0v) is 7.55. The van der Waals surface area contributed by atoms with Crippen molar-refractivity contribution in [1.82, 2.24) is 5.32 Å². The Bertz CT molecular complexity index is 159. The molecule has 3 nitrogen and oxygen atoms in total. The van der Waals surface area contributed by atoms with Crippen molar-refractivity contribution in [2.24, 2.45) is 11.8 Å². The fourth-order valence-corrected chi connectivity index (χ4v) is 1.81. The highest BCUT2D eigenvalue weighted by atomic mass is 16.4. The van der Waals surface area contributed by atoms with Gasteiger partial charge in [-0.3, -0.25) is 4.79 Å². The van der Waals surface area contributed by atoms with Crippen molar-refractivity contribution in [3.05, 3.63) is 0 Å². The number of rotatable bonds is 3. The van der Waals surface area contributed by atoms with Gasteiger partial charge in [-0.2, -0.15) is 0 Å². The molecule has 12 heavy (non-hydrogen) atoms. The second kappa shape index (κ2) is 4.45. The Morgan fingerprint density at radius 2 is 2.42 bits per heavy atom. The van der Waals surface area contributed by atoms with E-state index in [4.69, 9.17) is 5.11 Å². The van der Waals surface area contributed by atoms with Gasteiger partial charge in [-0.1, -0.05) is 6.92 Å². The predicted octanol–water partition coefficient (Wildman–Crippen LogP) is 1.10. The summed E-state index contributed by atoms with van der Waals surface area (Å²) in [4.78, 5) is 10.3. The van der Waals surface area contributed by atoms with Gasteiger partial charge in [0.1, 0.15) is 0 Å². The van der Waals surface area contributed by atoms with Crippen molar-refractivity contribution < 1.29 is 9.90 Å². The lowest BCUT2D eigenvalue weighted by Gasteiger charge is -2.28. The van der Waals surface area contributed by atoms with E-state index >= 15 is 0 Å². The molecule has 2 N–H and O–H groups in total. The van der Waals surface area contributed by atoms with Crippen LogP contribution in [-0.2, 0) is 4.79 Å². The largest absolute Gasteiger partial charge is 0.481 e. The van der Waals surface area contributed by atoms with Gasteiger partial charge in [-0.25, -0.2) is 0 Å². The van der Waals surface area contributed by atoms with E-state index in [0.29, 0.717) is 18.3 Å². The first-order valence-corrected chi connectivity index (χ1v) is 4.62. The van der Waals surface area contributed by atoms with Crippen LogP contribution in [0.3, 0.4) is 0 Å². The van der Waals surface area contributed by atoms with Crippen LogP contribution in [0.2, 0.25) is 0 Å².